The summed E-state index contributed by atoms with van der Waals surface area (Å²) in [6.45, 7) is 12.6. The van der Waals surface area contributed by atoms with Gasteiger partial charge in [-0.3, -0.25) is 9.80 Å². The molecule has 0 N–H and O–H groups in total. The Morgan fingerprint density at radius 2 is 1.11 bits per heavy atom. The molecular formula is C15H29N3. The lowest BCUT2D eigenvalue weighted by molar-refractivity contribution is 0.0495. The summed E-state index contributed by atoms with van der Waals surface area (Å²) in [6.07, 6.45) is 5.71. The lowest BCUT2D eigenvalue weighted by Crippen LogP contribution is -2.54. The average Bonchev–Trinajstić information content (AvgIpc) is 3.23. The van der Waals surface area contributed by atoms with Crippen LogP contribution in [-0.4, -0.2) is 72.1 Å². The molecule has 3 heteroatoms. The fourth-order valence-corrected chi connectivity index (χ4v) is 3.67. The van der Waals surface area contributed by atoms with E-state index < -0.39 is 0 Å². The van der Waals surface area contributed by atoms with Gasteiger partial charge in [0, 0.05) is 44.3 Å². The monoisotopic (exact) mass is 251 g/mol. The highest BCUT2D eigenvalue weighted by atomic mass is 15.3. The third-order valence-electron chi connectivity index (χ3n) is 5.16. The molecule has 18 heavy (non-hydrogen) atoms. The summed E-state index contributed by atoms with van der Waals surface area (Å²) < 4.78 is 0. The molecule has 3 rings (SSSR count). The molecule has 1 aliphatic carbocycles. The highest BCUT2D eigenvalue weighted by molar-refractivity contribution is 4.90. The topological polar surface area (TPSA) is 9.72 Å². The van der Waals surface area contributed by atoms with E-state index in [1.807, 2.05) is 0 Å². The van der Waals surface area contributed by atoms with Gasteiger partial charge in [-0.15, -0.1) is 0 Å². The predicted molar refractivity (Wildman–Crippen MR) is 75.9 cm³/mol. The molecule has 3 fully saturated rings. The van der Waals surface area contributed by atoms with Crippen molar-refractivity contribution in [2.45, 2.75) is 57.7 Å². The second kappa shape index (κ2) is 5.48. The van der Waals surface area contributed by atoms with Gasteiger partial charge < -0.3 is 4.90 Å². The quantitative estimate of drug-likeness (QED) is 0.755. The molecule has 0 unspecified atom stereocenters. The Hall–Kier alpha value is -0.120. The summed E-state index contributed by atoms with van der Waals surface area (Å²) in [6, 6.07) is 2.58. The molecule has 0 aromatic rings. The average molecular weight is 251 g/mol. The number of piperazine rings is 1. The fourth-order valence-electron chi connectivity index (χ4n) is 3.67. The van der Waals surface area contributed by atoms with Gasteiger partial charge in [0.2, 0.25) is 0 Å². The maximum atomic E-state index is 2.77. The summed E-state index contributed by atoms with van der Waals surface area (Å²) in [4.78, 5) is 8.13. The minimum atomic E-state index is 0.734. The minimum absolute atomic E-state index is 0.734. The number of hydrogen-bond donors (Lipinski definition) is 0. The van der Waals surface area contributed by atoms with Gasteiger partial charge in [-0.2, -0.15) is 0 Å². The molecule has 2 heterocycles. The summed E-state index contributed by atoms with van der Waals surface area (Å²) in [7, 11) is 0. The van der Waals surface area contributed by atoms with Gasteiger partial charge in [0.15, 0.2) is 0 Å². The van der Waals surface area contributed by atoms with Crippen molar-refractivity contribution in [3.05, 3.63) is 0 Å². The van der Waals surface area contributed by atoms with E-state index in [-0.39, 0.29) is 0 Å². The van der Waals surface area contributed by atoms with Crippen molar-refractivity contribution in [3.63, 3.8) is 0 Å². The Balaban J connectivity index is 1.43. The third kappa shape index (κ3) is 2.89. The lowest BCUT2D eigenvalue weighted by atomic mass is 10.0. The maximum absolute atomic E-state index is 2.77. The SMILES string of the molecule is CC(C)N1CCC(N2CCN(C3CC3)CC2)CC1. The Kier molecular flexibility index (Phi) is 3.92. The molecule has 0 spiro atoms. The maximum Gasteiger partial charge on any atom is 0.0121 e. The normalized spacial score (nSPS) is 30.2. The second-order valence-electron chi connectivity index (χ2n) is 6.66. The minimum Gasteiger partial charge on any atom is -0.301 e. The zero-order chi connectivity index (χ0) is 12.5. The number of likely N-dealkylation sites (tertiary alicyclic amines) is 1. The summed E-state index contributed by atoms with van der Waals surface area (Å²) in [5.41, 5.74) is 0. The van der Waals surface area contributed by atoms with Crippen LogP contribution in [0.5, 0.6) is 0 Å². The van der Waals surface area contributed by atoms with Crippen LogP contribution in [0.25, 0.3) is 0 Å². The van der Waals surface area contributed by atoms with Crippen molar-refractivity contribution in [1.82, 2.24) is 14.7 Å². The zero-order valence-corrected chi connectivity index (χ0v) is 12.1. The summed E-state index contributed by atoms with van der Waals surface area (Å²) in [5, 5.41) is 0. The molecule has 3 aliphatic rings. The van der Waals surface area contributed by atoms with E-state index in [1.54, 1.807) is 0 Å². The van der Waals surface area contributed by atoms with Gasteiger partial charge in [0.05, 0.1) is 0 Å². The standard InChI is InChI=1S/C15H29N3/c1-13(2)16-7-5-15(6-8-16)18-11-9-17(10-12-18)14-3-4-14/h13-15H,3-12H2,1-2H3. The van der Waals surface area contributed by atoms with Crippen LogP contribution in [-0.2, 0) is 0 Å². The molecule has 0 bridgehead atoms. The molecule has 2 saturated heterocycles. The lowest BCUT2D eigenvalue weighted by Gasteiger charge is -2.43. The van der Waals surface area contributed by atoms with E-state index in [0.29, 0.717) is 0 Å². The van der Waals surface area contributed by atoms with E-state index in [0.717, 1.165) is 18.1 Å². The van der Waals surface area contributed by atoms with Gasteiger partial charge in [0.25, 0.3) is 0 Å². The van der Waals surface area contributed by atoms with Crippen LogP contribution in [0, 0.1) is 0 Å². The first-order valence-electron chi connectivity index (χ1n) is 7.96. The predicted octanol–water partition coefficient (Wildman–Crippen LogP) is 1.64. The summed E-state index contributed by atoms with van der Waals surface area (Å²) in [5.74, 6) is 0. The van der Waals surface area contributed by atoms with Crippen LogP contribution in [0.2, 0.25) is 0 Å². The molecule has 104 valence electrons. The fraction of sp³-hybridized carbons (Fsp3) is 1.00. The van der Waals surface area contributed by atoms with Crippen LogP contribution in [0.15, 0.2) is 0 Å². The van der Waals surface area contributed by atoms with E-state index in [1.165, 1.54) is 65.0 Å². The Morgan fingerprint density at radius 3 is 1.50 bits per heavy atom. The second-order valence-corrected chi connectivity index (χ2v) is 6.66. The van der Waals surface area contributed by atoms with Crippen molar-refractivity contribution >= 4 is 0 Å². The van der Waals surface area contributed by atoms with Crippen molar-refractivity contribution in [1.29, 1.82) is 0 Å². The van der Waals surface area contributed by atoms with E-state index in [2.05, 4.69) is 28.5 Å². The molecule has 0 radical (unpaired) electrons. The Morgan fingerprint density at radius 1 is 0.667 bits per heavy atom. The first-order chi connectivity index (χ1) is 8.74. The Labute approximate surface area is 112 Å². The van der Waals surface area contributed by atoms with E-state index >= 15 is 0 Å². The van der Waals surface area contributed by atoms with Crippen LogP contribution in [0.3, 0.4) is 0 Å². The van der Waals surface area contributed by atoms with Gasteiger partial charge in [-0.1, -0.05) is 0 Å². The van der Waals surface area contributed by atoms with Crippen molar-refractivity contribution in [2.24, 2.45) is 0 Å². The molecule has 0 aromatic heterocycles. The molecule has 2 aliphatic heterocycles. The van der Waals surface area contributed by atoms with Gasteiger partial charge in [0.1, 0.15) is 0 Å². The van der Waals surface area contributed by atoms with Crippen molar-refractivity contribution in [3.8, 4) is 0 Å². The van der Waals surface area contributed by atoms with Crippen molar-refractivity contribution < 1.29 is 0 Å². The smallest absolute Gasteiger partial charge is 0.0121 e. The molecular weight excluding hydrogens is 222 g/mol. The molecule has 3 nitrogen and oxygen atoms in total. The zero-order valence-electron chi connectivity index (χ0n) is 12.1. The first kappa shape index (κ1) is 12.9. The molecule has 0 atom stereocenters. The van der Waals surface area contributed by atoms with E-state index in [9.17, 15) is 0 Å². The molecule has 0 amide bonds. The largest absolute Gasteiger partial charge is 0.301 e. The number of piperidine rings is 1. The van der Waals surface area contributed by atoms with Crippen LogP contribution in [0.4, 0.5) is 0 Å². The summed E-state index contributed by atoms with van der Waals surface area (Å²) >= 11 is 0. The Bertz CT molecular complexity index is 239. The van der Waals surface area contributed by atoms with Gasteiger partial charge in [-0.05, 0) is 52.6 Å². The highest BCUT2D eigenvalue weighted by Gasteiger charge is 2.33. The van der Waals surface area contributed by atoms with Crippen LogP contribution in [0.1, 0.15) is 39.5 Å². The van der Waals surface area contributed by atoms with Crippen LogP contribution < -0.4 is 0 Å². The number of nitrogens with zero attached hydrogens (tertiary/aromatic N) is 3. The van der Waals surface area contributed by atoms with Gasteiger partial charge in [-0.25, -0.2) is 0 Å². The van der Waals surface area contributed by atoms with Crippen LogP contribution >= 0.6 is 0 Å². The van der Waals surface area contributed by atoms with E-state index in [4.69, 9.17) is 0 Å². The third-order valence-corrected chi connectivity index (χ3v) is 5.16. The first-order valence-corrected chi connectivity index (χ1v) is 7.96. The van der Waals surface area contributed by atoms with Crippen molar-refractivity contribution in [2.75, 3.05) is 39.3 Å². The number of hydrogen-bond acceptors (Lipinski definition) is 3. The molecule has 0 aromatic carbocycles. The highest BCUT2D eigenvalue weighted by Crippen LogP contribution is 2.28. The number of rotatable bonds is 3. The van der Waals surface area contributed by atoms with Gasteiger partial charge >= 0.3 is 0 Å². The molecule has 1 saturated carbocycles.